The summed E-state index contributed by atoms with van der Waals surface area (Å²) in [6.45, 7) is 12.2. The molecule has 0 fully saturated rings. The Hall–Kier alpha value is -1.63. The van der Waals surface area contributed by atoms with Crippen molar-refractivity contribution in [1.29, 1.82) is 0 Å². The van der Waals surface area contributed by atoms with Gasteiger partial charge in [-0.25, -0.2) is 0 Å². The van der Waals surface area contributed by atoms with Gasteiger partial charge in [-0.2, -0.15) is 0 Å². The Morgan fingerprint density at radius 2 is 2.05 bits per heavy atom. The molecular formula is C21H30O. The van der Waals surface area contributed by atoms with E-state index in [4.69, 9.17) is 0 Å². The molecule has 1 rings (SSSR count). The van der Waals surface area contributed by atoms with E-state index in [0.717, 1.165) is 42.4 Å². The van der Waals surface area contributed by atoms with Gasteiger partial charge in [0.25, 0.3) is 0 Å². The third kappa shape index (κ3) is 5.29. The van der Waals surface area contributed by atoms with Crippen molar-refractivity contribution in [2.24, 2.45) is 11.8 Å². The Labute approximate surface area is 136 Å². The molecule has 0 bridgehead atoms. The summed E-state index contributed by atoms with van der Waals surface area (Å²) in [5, 5.41) is 0. The second-order valence-electron chi connectivity index (χ2n) is 6.39. The molecule has 0 radical (unpaired) electrons. The van der Waals surface area contributed by atoms with Gasteiger partial charge in [-0.15, -0.1) is 0 Å². The molecule has 0 spiro atoms. The van der Waals surface area contributed by atoms with Gasteiger partial charge in [0.05, 0.1) is 0 Å². The molecule has 0 saturated heterocycles. The molecule has 120 valence electrons. The average Bonchev–Trinajstić information content (AvgIpc) is 2.48. The molecule has 0 N–H and O–H groups in total. The number of hydrogen-bond acceptors (Lipinski definition) is 1. The van der Waals surface area contributed by atoms with Crippen molar-refractivity contribution < 1.29 is 4.79 Å². The highest BCUT2D eigenvalue weighted by molar-refractivity contribution is 5.99. The summed E-state index contributed by atoms with van der Waals surface area (Å²) >= 11 is 0. The Bertz CT molecular complexity index is 523. The van der Waals surface area contributed by atoms with Crippen LogP contribution in [0.3, 0.4) is 0 Å². The fraction of sp³-hybridized carbons (Fsp3) is 0.476. The molecule has 1 aromatic carbocycles. The van der Waals surface area contributed by atoms with E-state index in [1.165, 1.54) is 0 Å². The van der Waals surface area contributed by atoms with Crippen molar-refractivity contribution in [1.82, 2.24) is 0 Å². The van der Waals surface area contributed by atoms with Gasteiger partial charge < -0.3 is 0 Å². The first-order valence-corrected chi connectivity index (χ1v) is 8.42. The summed E-state index contributed by atoms with van der Waals surface area (Å²) in [5.41, 5.74) is 3.18. The number of ketones is 1. The largest absolute Gasteiger partial charge is 0.294 e. The molecule has 0 heterocycles. The third-order valence-corrected chi connectivity index (χ3v) is 4.15. The van der Waals surface area contributed by atoms with Crippen molar-refractivity contribution in [2.45, 2.75) is 53.4 Å². The molecule has 1 aromatic rings. The lowest BCUT2D eigenvalue weighted by Crippen LogP contribution is -2.22. The highest BCUT2D eigenvalue weighted by atomic mass is 16.1. The highest BCUT2D eigenvalue weighted by Crippen LogP contribution is 2.26. The van der Waals surface area contributed by atoms with Crippen LogP contribution in [0.4, 0.5) is 0 Å². The highest BCUT2D eigenvalue weighted by Gasteiger charge is 2.24. The van der Waals surface area contributed by atoms with Crippen LogP contribution >= 0.6 is 0 Å². The number of carbonyl (C=O) groups excluding carboxylic acids is 1. The van der Waals surface area contributed by atoms with Crippen LogP contribution in [0.15, 0.2) is 43.0 Å². The SMILES string of the molecule is C=C/C=C\Cc1ccc(C)cc1C(=O)C(CCCC)C(C)C. The summed E-state index contributed by atoms with van der Waals surface area (Å²) in [6, 6.07) is 6.23. The zero-order chi connectivity index (χ0) is 16.5. The Kier molecular flexibility index (Phi) is 7.87. The molecule has 1 heteroatoms. The molecular weight excluding hydrogens is 268 g/mol. The lowest BCUT2D eigenvalue weighted by molar-refractivity contribution is 0.0874. The van der Waals surface area contributed by atoms with Crippen LogP contribution in [0.1, 0.15) is 61.5 Å². The predicted molar refractivity (Wildman–Crippen MR) is 96.4 cm³/mol. The van der Waals surface area contributed by atoms with Crippen molar-refractivity contribution in [3.8, 4) is 0 Å². The van der Waals surface area contributed by atoms with Crippen LogP contribution in [-0.4, -0.2) is 5.78 Å². The van der Waals surface area contributed by atoms with Crippen LogP contribution in [0.5, 0.6) is 0 Å². The topological polar surface area (TPSA) is 17.1 Å². The third-order valence-electron chi connectivity index (χ3n) is 4.15. The van der Waals surface area contributed by atoms with Gasteiger partial charge in [0.1, 0.15) is 0 Å². The minimum atomic E-state index is 0.129. The summed E-state index contributed by atoms with van der Waals surface area (Å²) < 4.78 is 0. The number of hydrogen-bond donors (Lipinski definition) is 0. The van der Waals surface area contributed by atoms with E-state index >= 15 is 0 Å². The molecule has 1 unspecified atom stereocenters. The molecule has 0 aliphatic carbocycles. The lowest BCUT2D eigenvalue weighted by atomic mass is 9.82. The van der Waals surface area contributed by atoms with E-state index in [9.17, 15) is 4.79 Å². The zero-order valence-corrected chi connectivity index (χ0v) is 14.6. The van der Waals surface area contributed by atoms with Gasteiger partial charge in [0.2, 0.25) is 0 Å². The Morgan fingerprint density at radius 1 is 1.32 bits per heavy atom. The number of Topliss-reactive ketones (excluding diaryl/α,β-unsaturated/α-hetero) is 1. The minimum Gasteiger partial charge on any atom is -0.294 e. The average molecular weight is 298 g/mol. The van der Waals surface area contributed by atoms with E-state index < -0.39 is 0 Å². The number of allylic oxidation sites excluding steroid dienone is 3. The van der Waals surface area contributed by atoms with Gasteiger partial charge >= 0.3 is 0 Å². The summed E-state index contributed by atoms with van der Waals surface area (Å²) in [7, 11) is 0. The van der Waals surface area contributed by atoms with E-state index in [2.05, 4.69) is 58.5 Å². The van der Waals surface area contributed by atoms with E-state index in [-0.39, 0.29) is 5.92 Å². The maximum absolute atomic E-state index is 13.1. The van der Waals surface area contributed by atoms with Crippen LogP contribution < -0.4 is 0 Å². The second-order valence-corrected chi connectivity index (χ2v) is 6.39. The summed E-state index contributed by atoms with van der Waals surface area (Å²) in [6.07, 6.45) is 9.80. The van der Waals surface area contributed by atoms with E-state index in [1.807, 2.05) is 6.08 Å². The van der Waals surface area contributed by atoms with Crippen LogP contribution in [0.2, 0.25) is 0 Å². The fourth-order valence-corrected chi connectivity index (χ4v) is 2.78. The van der Waals surface area contributed by atoms with Gasteiger partial charge in [-0.3, -0.25) is 4.79 Å². The molecule has 0 saturated carbocycles. The number of aryl methyl sites for hydroxylation is 1. The van der Waals surface area contributed by atoms with Gasteiger partial charge in [0, 0.05) is 11.5 Å². The lowest BCUT2D eigenvalue weighted by Gasteiger charge is -2.21. The van der Waals surface area contributed by atoms with Crippen molar-refractivity contribution in [2.75, 3.05) is 0 Å². The first kappa shape index (κ1) is 18.4. The monoisotopic (exact) mass is 298 g/mol. The van der Waals surface area contributed by atoms with E-state index in [0.29, 0.717) is 11.7 Å². The molecule has 22 heavy (non-hydrogen) atoms. The number of benzene rings is 1. The smallest absolute Gasteiger partial charge is 0.166 e. The number of unbranched alkanes of at least 4 members (excludes halogenated alkanes) is 1. The second kappa shape index (κ2) is 9.40. The first-order valence-electron chi connectivity index (χ1n) is 8.42. The molecule has 0 aromatic heterocycles. The Balaban J connectivity index is 3.09. The van der Waals surface area contributed by atoms with Crippen molar-refractivity contribution in [3.63, 3.8) is 0 Å². The minimum absolute atomic E-state index is 0.129. The zero-order valence-electron chi connectivity index (χ0n) is 14.6. The van der Waals surface area contributed by atoms with Gasteiger partial charge in [0.15, 0.2) is 5.78 Å². The van der Waals surface area contributed by atoms with Crippen molar-refractivity contribution >= 4 is 5.78 Å². The number of carbonyl (C=O) groups is 1. The number of rotatable bonds is 9. The molecule has 1 nitrogen and oxygen atoms in total. The van der Waals surface area contributed by atoms with Crippen molar-refractivity contribution in [3.05, 3.63) is 59.7 Å². The fourth-order valence-electron chi connectivity index (χ4n) is 2.78. The van der Waals surface area contributed by atoms with E-state index in [1.54, 1.807) is 6.08 Å². The standard InChI is InChI=1S/C21H30O/c1-6-8-10-11-18-14-13-17(5)15-20(18)21(22)19(16(3)4)12-9-7-2/h6,8,10,13-16,19H,1,7,9,11-12H2,2-5H3/b10-8-. The normalized spacial score (nSPS) is 12.8. The quantitative estimate of drug-likeness (QED) is 0.408. The molecule has 0 amide bonds. The molecule has 0 aliphatic rings. The van der Waals surface area contributed by atoms with Crippen LogP contribution in [-0.2, 0) is 6.42 Å². The Morgan fingerprint density at radius 3 is 2.64 bits per heavy atom. The predicted octanol–water partition coefficient (Wildman–Crippen LogP) is 5.92. The maximum atomic E-state index is 13.1. The summed E-state index contributed by atoms with van der Waals surface area (Å²) in [4.78, 5) is 13.1. The first-order chi connectivity index (χ1) is 10.5. The molecule has 1 atom stereocenters. The van der Waals surface area contributed by atoms with Gasteiger partial charge in [-0.05, 0) is 37.3 Å². The maximum Gasteiger partial charge on any atom is 0.166 e. The molecule has 0 aliphatic heterocycles. The summed E-state index contributed by atoms with van der Waals surface area (Å²) in [5.74, 6) is 0.828. The van der Waals surface area contributed by atoms with Gasteiger partial charge in [-0.1, -0.05) is 76.1 Å². The van der Waals surface area contributed by atoms with Crippen LogP contribution in [0, 0.1) is 18.8 Å². The van der Waals surface area contributed by atoms with Crippen LogP contribution in [0.25, 0.3) is 0 Å².